The number of anilines is 2. The maximum atomic E-state index is 12.8. The van der Waals surface area contributed by atoms with Crippen LogP contribution in [0.3, 0.4) is 0 Å². The number of carbonyl (C=O) groups is 1. The van der Waals surface area contributed by atoms with Gasteiger partial charge in [0.2, 0.25) is 11.9 Å². The molecule has 1 N–H and O–H groups in total. The van der Waals surface area contributed by atoms with E-state index in [1.54, 1.807) is 24.0 Å². The zero-order valence-electron chi connectivity index (χ0n) is 16.3. The molecule has 29 heavy (non-hydrogen) atoms. The Labute approximate surface area is 169 Å². The van der Waals surface area contributed by atoms with Gasteiger partial charge >= 0.3 is 0 Å². The third-order valence-electron chi connectivity index (χ3n) is 5.20. The fraction of sp³-hybridized carbons (Fsp3) is 0.273. The molecule has 3 aromatic rings. The quantitative estimate of drug-likeness (QED) is 0.742. The number of amides is 1. The van der Waals surface area contributed by atoms with Gasteiger partial charge in [-0.25, -0.2) is 4.98 Å². The third-order valence-corrected chi connectivity index (χ3v) is 5.20. The van der Waals surface area contributed by atoms with Gasteiger partial charge in [0, 0.05) is 49.8 Å². The maximum Gasteiger partial charge on any atom is 0.255 e. The topological polar surface area (TPSA) is 80.1 Å². The lowest BCUT2D eigenvalue weighted by atomic mass is 9.97. The van der Waals surface area contributed by atoms with Crippen molar-refractivity contribution in [3.63, 3.8) is 0 Å². The molecule has 1 saturated heterocycles. The molecule has 1 amide bonds. The molecule has 4 rings (SSSR count). The maximum absolute atomic E-state index is 12.8. The first-order chi connectivity index (χ1) is 14.1. The monoisotopic (exact) mass is 389 g/mol. The van der Waals surface area contributed by atoms with E-state index in [2.05, 4.69) is 10.3 Å². The van der Waals surface area contributed by atoms with Crippen molar-refractivity contribution in [1.29, 1.82) is 0 Å². The first-order valence-corrected chi connectivity index (χ1v) is 9.71. The van der Waals surface area contributed by atoms with Crippen molar-refractivity contribution in [2.75, 3.05) is 23.3 Å². The normalized spacial score (nSPS) is 16.4. The number of aromatic nitrogens is 3. The largest absolute Gasteiger partial charge is 0.341 e. The Morgan fingerprint density at radius 3 is 2.66 bits per heavy atom. The first kappa shape index (κ1) is 18.9. The van der Waals surface area contributed by atoms with Crippen molar-refractivity contribution < 1.29 is 4.79 Å². The van der Waals surface area contributed by atoms with Gasteiger partial charge in [0.05, 0.1) is 11.6 Å². The van der Waals surface area contributed by atoms with Crippen LogP contribution in [0, 0.1) is 5.92 Å². The van der Waals surface area contributed by atoms with Crippen LogP contribution in [-0.2, 0) is 11.8 Å². The van der Waals surface area contributed by atoms with Crippen LogP contribution in [0.25, 0.3) is 11.3 Å². The fourth-order valence-corrected chi connectivity index (χ4v) is 3.62. The number of hydrogen-bond acceptors (Lipinski definition) is 5. The molecular formula is C22H23N5O2. The van der Waals surface area contributed by atoms with E-state index < -0.39 is 0 Å². The molecule has 2 aromatic heterocycles. The molecule has 148 valence electrons. The number of rotatable bonds is 4. The second-order valence-electron chi connectivity index (χ2n) is 7.21. The number of benzene rings is 1. The van der Waals surface area contributed by atoms with E-state index in [-0.39, 0.29) is 17.4 Å². The van der Waals surface area contributed by atoms with Gasteiger partial charge in [-0.2, -0.15) is 0 Å². The average molecular weight is 389 g/mol. The molecule has 1 aromatic carbocycles. The minimum absolute atomic E-state index is 0.00353. The van der Waals surface area contributed by atoms with E-state index in [4.69, 9.17) is 4.98 Å². The van der Waals surface area contributed by atoms with Crippen molar-refractivity contribution >= 4 is 17.5 Å². The lowest BCUT2D eigenvalue weighted by Gasteiger charge is -2.33. The van der Waals surface area contributed by atoms with E-state index in [0.29, 0.717) is 18.2 Å². The van der Waals surface area contributed by atoms with Crippen molar-refractivity contribution in [1.82, 2.24) is 14.5 Å². The molecule has 7 nitrogen and oxygen atoms in total. The number of carbonyl (C=O) groups excluding carboxylic acids is 1. The fourth-order valence-electron chi connectivity index (χ4n) is 3.62. The summed E-state index contributed by atoms with van der Waals surface area (Å²) in [6.45, 7) is 1.29. The van der Waals surface area contributed by atoms with Gasteiger partial charge in [-0.05, 0) is 37.1 Å². The molecule has 1 aliphatic rings. The van der Waals surface area contributed by atoms with Crippen LogP contribution >= 0.6 is 0 Å². The Kier molecular flexibility index (Phi) is 5.37. The zero-order chi connectivity index (χ0) is 20.2. The summed E-state index contributed by atoms with van der Waals surface area (Å²) in [5, 5.41) is 2.99. The summed E-state index contributed by atoms with van der Waals surface area (Å²) in [4.78, 5) is 36.1. The van der Waals surface area contributed by atoms with Crippen LogP contribution in [-0.4, -0.2) is 33.5 Å². The first-order valence-electron chi connectivity index (χ1n) is 9.71. The van der Waals surface area contributed by atoms with Gasteiger partial charge in [0.15, 0.2) is 0 Å². The van der Waals surface area contributed by atoms with Crippen molar-refractivity contribution in [3.05, 3.63) is 71.3 Å². The highest BCUT2D eigenvalue weighted by atomic mass is 16.2. The van der Waals surface area contributed by atoms with Crippen LogP contribution in [0.4, 0.5) is 11.6 Å². The summed E-state index contributed by atoms with van der Waals surface area (Å²) in [5.41, 5.74) is 2.12. The summed E-state index contributed by atoms with van der Waals surface area (Å²) < 4.78 is 1.54. The van der Waals surface area contributed by atoms with E-state index in [1.165, 1.54) is 6.07 Å². The third kappa shape index (κ3) is 4.18. The van der Waals surface area contributed by atoms with Gasteiger partial charge < -0.3 is 10.2 Å². The number of nitrogens with zero attached hydrogens (tertiary/aromatic N) is 4. The molecule has 1 unspecified atom stereocenters. The van der Waals surface area contributed by atoms with E-state index >= 15 is 0 Å². The molecule has 0 aliphatic carbocycles. The molecule has 1 atom stereocenters. The highest BCUT2D eigenvalue weighted by molar-refractivity contribution is 5.93. The number of pyridine rings is 1. The summed E-state index contributed by atoms with van der Waals surface area (Å²) in [6.07, 6.45) is 5.04. The van der Waals surface area contributed by atoms with Crippen LogP contribution in [0.1, 0.15) is 12.8 Å². The second kappa shape index (κ2) is 8.26. The molecule has 0 saturated carbocycles. The molecule has 3 heterocycles. The molecule has 0 radical (unpaired) electrons. The minimum Gasteiger partial charge on any atom is -0.341 e. The van der Waals surface area contributed by atoms with Crippen LogP contribution < -0.4 is 15.8 Å². The minimum atomic E-state index is -0.162. The Morgan fingerprint density at radius 2 is 1.90 bits per heavy atom. The number of piperidine rings is 1. The van der Waals surface area contributed by atoms with Crippen LogP contribution in [0.5, 0.6) is 0 Å². The highest BCUT2D eigenvalue weighted by Crippen LogP contribution is 2.24. The lowest BCUT2D eigenvalue weighted by molar-refractivity contribution is -0.120. The highest BCUT2D eigenvalue weighted by Gasteiger charge is 2.28. The summed E-state index contributed by atoms with van der Waals surface area (Å²) in [7, 11) is 1.72. The Bertz CT molecular complexity index is 1050. The van der Waals surface area contributed by atoms with Gasteiger partial charge in [0.1, 0.15) is 0 Å². The Hall–Kier alpha value is -3.48. The van der Waals surface area contributed by atoms with Crippen molar-refractivity contribution in [2.45, 2.75) is 12.8 Å². The van der Waals surface area contributed by atoms with Crippen molar-refractivity contribution in [3.8, 4) is 11.3 Å². The van der Waals surface area contributed by atoms with Gasteiger partial charge in [-0.1, -0.05) is 18.2 Å². The molecule has 0 bridgehead atoms. The Balaban J connectivity index is 1.57. The van der Waals surface area contributed by atoms with E-state index in [0.717, 1.165) is 30.6 Å². The predicted molar refractivity (Wildman–Crippen MR) is 113 cm³/mol. The van der Waals surface area contributed by atoms with Crippen molar-refractivity contribution in [2.24, 2.45) is 13.0 Å². The van der Waals surface area contributed by atoms with Crippen LogP contribution in [0.15, 0.2) is 65.7 Å². The summed E-state index contributed by atoms with van der Waals surface area (Å²) in [6, 6.07) is 14.7. The van der Waals surface area contributed by atoms with Gasteiger partial charge in [-0.15, -0.1) is 0 Å². The Morgan fingerprint density at radius 1 is 1.14 bits per heavy atom. The predicted octanol–water partition coefficient (Wildman–Crippen LogP) is 2.70. The molecule has 7 heteroatoms. The standard InChI is InChI=1S/C22H23N5O2/c1-26-20(28)14-19(16-9-11-23-12-10-16)25-22(26)27-13-5-6-17(15-27)21(29)24-18-7-3-2-4-8-18/h2-4,7-12,14,17H,5-6,13,15H2,1H3,(H,24,29). The summed E-state index contributed by atoms with van der Waals surface area (Å²) >= 11 is 0. The molecule has 0 spiro atoms. The summed E-state index contributed by atoms with van der Waals surface area (Å²) in [5.74, 6) is 0.420. The van der Waals surface area contributed by atoms with Gasteiger partial charge in [0.25, 0.3) is 5.56 Å². The molecule has 1 fully saturated rings. The van der Waals surface area contributed by atoms with Gasteiger partial charge in [-0.3, -0.25) is 19.1 Å². The van der Waals surface area contributed by atoms with E-state index in [9.17, 15) is 9.59 Å². The average Bonchev–Trinajstić information content (AvgIpc) is 2.77. The SMILES string of the molecule is Cn1c(N2CCCC(C(=O)Nc3ccccc3)C2)nc(-c2ccncc2)cc1=O. The van der Waals surface area contributed by atoms with E-state index in [1.807, 2.05) is 47.4 Å². The zero-order valence-corrected chi connectivity index (χ0v) is 16.3. The molecular weight excluding hydrogens is 366 g/mol. The number of nitrogens with one attached hydrogen (secondary N) is 1. The number of hydrogen-bond donors (Lipinski definition) is 1. The van der Waals surface area contributed by atoms with Crippen LogP contribution in [0.2, 0.25) is 0 Å². The number of para-hydroxylation sites is 1. The lowest BCUT2D eigenvalue weighted by Crippen LogP contribution is -2.43. The second-order valence-corrected chi connectivity index (χ2v) is 7.21. The molecule has 1 aliphatic heterocycles. The smallest absolute Gasteiger partial charge is 0.255 e.